The van der Waals surface area contributed by atoms with Crippen molar-refractivity contribution >= 4 is 6.29 Å². The summed E-state index contributed by atoms with van der Waals surface area (Å²) in [6, 6.07) is 0. The number of carbonyl (C=O) groups is 1. The number of carbonyl (C=O) groups excluding carboxylic acids is 1. The highest BCUT2D eigenvalue weighted by molar-refractivity contribution is 5.56. The first-order chi connectivity index (χ1) is 5.15. The number of ether oxygens (including phenoxy) is 1. The number of rotatable bonds is 2. The van der Waals surface area contributed by atoms with E-state index in [2.05, 4.69) is 0 Å². The Balaban J connectivity index is 2.51. The van der Waals surface area contributed by atoms with Crippen LogP contribution in [-0.4, -0.2) is 29.7 Å². The maximum absolute atomic E-state index is 10.3. The number of aliphatic hydroxyl groups is 1. The van der Waals surface area contributed by atoms with Crippen molar-refractivity contribution in [1.29, 1.82) is 0 Å². The molecule has 64 valence electrons. The van der Waals surface area contributed by atoms with Gasteiger partial charge in [0, 0.05) is 0 Å². The Kier molecular flexibility index (Phi) is 2.62. The lowest BCUT2D eigenvalue weighted by atomic mass is 9.99. The lowest BCUT2D eigenvalue weighted by Gasteiger charge is -2.17. The Morgan fingerprint density at radius 3 is 2.64 bits per heavy atom. The summed E-state index contributed by atoms with van der Waals surface area (Å²) in [5.41, 5.74) is 0. The third-order valence-corrected chi connectivity index (χ3v) is 2.12. The van der Waals surface area contributed by atoms with Gasteiger partial charge in [0.2, 0.25) is 0 Å². The van der Waals surface area contributed by atoms with Crippen molar-refractivity contribution in [3.05, 3.63) is 0 Å². The summed E-state index contributed by atoms with van der Waals surface area (Å²) in [6.45, 7) is 3.68. The molecule has 0 aromatic heterocycles. The molecule has 0 spiro atoms. The van der Waals surface area contributed by atoms with Crippen LogP contribution in [0.25, 0.3) is 0 Å². The van der Waals surface area contributed by atoms with Gasteiger partial charge in [0.25, 0.3) is 0 Å². The minimum atomic E-state index is -0.477. The molecule has 3 nitrogen and oxygen atoms in total. The summed E-state index contributed by atoms with van der Waals surface area (Å²) >= 11 is 0. The molecular weight excluding hydrogens is 144 g/mol. The maximum Gasteiger partial charge on any atom is 0.148 e. The molecule has 0 amide bonds. The molecule has 1 N–H and O–H groups in total. The standard InChI is InChI=1S/C8H14O3/c1-5-3-7(4-9)11-8(5)6(2)10/h4-8,10H,3H2,1-2H3. The number of aldehydes is 1. The summed E-state index contributed by atoms with van der Waals surface area (Å²) in [5.74, 6) is 0.283. The molecule has 0 radical (unpaired) electrons. The van der Waals surface area contributed by atoms with E-state index in [1.54, 1.807) is 6.92 Å². The van der Waals surface area contributed by atoms with Crippen LogP contribution in [0.4, 0.5) is 0 Å². The van der Waals surface area contributed by atoms with E-state index in [-0.39, 0.29) is 18.1 Å². The highest BCUT2D eigenvalue weighted by atomic mass is 16.5. The highest BCUT2D eigenvalue weighted by Crippen LogP contribution is 2.26. The fraction of sp³-hybridized carbons (Fsp3) is 0.875. The average molecular weight is 158 g/mol. The van der Waals surface area contributed by atoms with Crippen LogP contribution in [0.3, 0.4) is 0 Å². The van der Waals surface area contributed by atoms with Gasteiger partial charge in [-0.15, -0.1) is 0 Å². The first kappa shape index (κ1) is 8.68. The zero-order valence-electron chi connectivity index (χ0n) is 6.86. The summed E-state index contributed by atoms with van der Waals surface area (Å²) in [6.07, 6.45) is 0.600. The van der Waals surface area contributed by atoms with Crippen molar-refractivity contribution in [2.45, 2.75) is 38.6 Å². The van der Waals surface area contributed by atoms with Gasteiger partial charge in [-0.3, -0.25) is 0 Å². The minimum absolute atomic E-state index is 0.162. The second kappa shape index (κ2) is 3.32. The molecular formula is C8H14O3. The zero-order chi connectivity index (χ0) is 8.43. The lowest BCUT2D eigenvalue weighted by Crippen LogP contribution is -2.27. The Morgan fingerprint density at radius 2 is 2.36 bits per heavy atom. The van der Waals surface area contributed by atoms with Gasteiger partial charge in [-0.2, -0.15) is 0 Å². The highest BCUT2D eigenvalue weighted by Gasteiger charge is 2.34. The molecule has 4 atom stereocenters. The van der Waals surface area contributed by atoms with Gasteiger partial charge in [-0.25, -0.2) is 0 Å². The SMILES string of the molecule is CC(O)C1OC(C=O)CC1C. The lowest BCUT2D eigenvalue weighted by molar-refractivity contribution is -0.120. The van der Waals surface area contributed by atoms with Gasteiger partial charge >= 0.3 is 0 Å². The average Bonchev–Trinajstić information content (AvgIpc) is 2.30. The molecule has 0 aromatic rings. The Labute approximate surface area is 66.4 Å². The predicted molar refractivity (Wildman–Crippen MR) is 40.2 cm³/mol. The van der Waals surface area contributed by atoms with E-state index >= 15 is 0 Å². The van der Waals surface area contributed by atoms with Crippen LogP contribution in [-0.2, 0) is 9.53 Å². The Bertz CT molecular complexity index is 144. The molecule has 4 unspecified atom stereocenters. The van der Waals surface area contributed by atoms with Gasteiger partial charge in [-0.05, 0) is 19.3 Å². The molecule has 0 bridgehead atoms. The van der Waals surface area contributed by atoms with Gasteiger partial charge < -0.3 is 14.6 Å². The molecule has 11 heavy (non-hydrogen) atoms. The topological polar surface area (TPSA) is 46.5 Å². The van der Waals surface area contributed by atoms with E-state index in [0.29, 0.717) is 0 Å². The van der Waals surface area contributed by atoms with E-state index in [1.807, 2.05) is 6.92 Å². The molecule has 0 saturated carbocycles. The van der Waals surface area contributed by atoms with Gasteiger partial charge in [0.05, 0.1) is 12.2 Å². The van der Waals surface area contributed by atoms with E-state index in [4.69, 9.17) is 4.74 Å². The first-order valence-electron chi connectivity index (χ1n) is 3.94. The van der Waals surface area contributed by atoms with Gasteiger partial charge in [-0.1, -0.05) is 6.92 Å². The molecule has 0 aliphatic carbocycles. The zero-order valence-corrected chi connectivity index (χ0v) is 6.86. The third kappa shape index (κ3) is 1.79. The van der Waals surface area contributed by atoms with Crippen molar-refractivity contribution in [3.63, 3.8) is 0 Å². The number of aliphatic hydroxyl groups excluding tert-OH is 1. The van der Waals surface area contributed by atoms with Crippen LogP contribution in [0, 0.1) is 5.92 Å². The summed E-state index contributed by atoms with van der Waals surface area (Å²) in [4.78, 5) is 10.3. The monoisotopic (exact) mass is 158 g/mol. The van der Waals surface area contributed by atoms with Crippen LogP contribution in [0.15, 0.2) is 0 Å². The minimum Gasteiger partial charge on any atom is -0.391 e. The van der Waals surface area contributed by atoms with E-state index in [9.17, 15) is 9.90 Å². The van der Waals surface area contributed by atoms with E-state index in [1.165, 1.54) is 0 Å². The van der Waals surface area contributed by atoms with Crippen molar-refractivity contribution in [1.82, 2.24) is 0 Å². The molecule has 1 fully saturated rings. The van der Waals surface area contributed by atoms with E-state index in [0.717, 1.165) is 12.7 Å². The molecule has 1 rings (SSSR count). The molecule has 1 aliphatic rings. The predicted octanol–water partition coefficient (Wildman–Crippen LogP) is 0.360. The molecule has 1 heterocycles. The van der Waals surface area contributed by atoms with Crippen LogP contribution < -0.4 is 0 Å². The fourth-order valence-corrected chi connectivity index (χ4v) is 1.57. The van der Waals surface area contributed by atoms with Crippen molar-refractivity contribution < 1.29 is 14.6 Å². The van der Waals surface area contributed by atoms with Crippen LogP contribution >= 0.6 is 0 Å². The normalized spacial score (nSPS) is 40.5. The molecule has 3 heteroatoms. The first-order valence-corrected chi connectivity index (χ1v) is 3.94. The van der Waals surface area contributed by atoms with Gasteiger partial charge in [0.15, 0.2) is 0 Å². The van der Waals surface area contributed by atoms with Crippen molar-refractivity contribution in [2.24, 2.45) is 5.92 Å². The molecule has 1 saturated heterocycles. The second-order valence-electron chi connectivity index (χ2n) is 3.23. The van der Waals surface area contributed by atoms with Gasteiger partial charge in [0.1, 0.15) is 12.4 Å². The van der Waals surface area contributed by atoms with Crippen molar-refractivity contribution in [2.75, 3.05) is 0 Å². The van der Waals surface area contributed by atoms with Crippen LogP contribution in [0.1, 0.15) is 20.3 Å². The van der Waals surface area contributed by atoms with Crippen molar-refractivity contribution in [3.8, 4) is 0 Å². The fourth-order valence-electron chi connectivity index (χ4n) is 1.57. The Hall–Kier alpha value is -0.410. The number of hydrogen-bond donors (Lipinski definition) is 1. The molecule has 1 aliphatic heterocycles. The molecule has 0 aromatic carbocycles. The quantitative estimate of drug-likeness (QED) is 0.590. The summed E-state index contributed by atoms with van der Waals surface area (Å²) in [5, 5.41) is 9.19. The van der Waals surface area contributed by atoms with Crippen LogP contribution in [0.5, 0.6) is 0 Å². The number of hydrogen-bond acceptors (Lipinski definition) is 3. The summed E-state index contributed by atoms with van der Waals surface area (Å²) < 4.78 is 5.27. The second-order valence-corrected chi connectivity index (χ2v) is 3.23. The smallest absolute Gasteiger partial charge is 0.148 e. The van der Waals surface area contributed by atoms with Crippen LogP contribution in [0.2, 0.25) is 0 Å². The summed E-state index contributed by atoms with van der Waals surface area (Å²) in [7, 11) is 0. The largest absolute Gasteiger partial charge is 0.391 e. The van der Waals surface area contributed by atoms with E-state index < -0.39 is 6.10 Å². The third-order valence-electron chi connectivity index (χ3n) is 2.12. The maximum atomic E-state index is 10.3. The Morgan fingerprint density at radius 1 is 1.73 bits per heavy atom.